The minimum Gasteiger partial charge on any atom is -0.497 e. The maximum absolute atomic E-state index is 12.2. The van der Waals surface area contributed by atoms with Crippen LogP contribution in [0.4, 0.5) is 0 Å². The van der Waals surface area contributed by atoms with Gasteiger partial charge in [-0.05, 0) is 29.8 Å². The van der Waals surface area contributed by atoms with Crippen molar-refractivity contribution in [2.24, 2.45) is 0 Å². The van der Waals surface area contributed by atoms with E-state index in [4.69, 9.17) is 4.74 Å². The highest BCUT2D eigenvalue weighted by molar-refractivity contribution is 5.96. The molecule has 0 aliphatic rings. The molecule has 3 rings (SSSR count). The Morgan fingerprint density at radius 2 is 2.26 bits per heavy atom. The van der Waals surface area contributed by atoms with Gasteiger partial charge >= 0.3 is 0 Å². The number of carbonyl (C=O) groups is 1. The van der Waals surface area contributed by atoms with Crippen LogP contribution in [-0.2, 0) is 0 Å². The third-order valence-corrected chi connectivity index (χ3v) is 3.60. The highest BCUT2D eigenvalue weighted by atomic mass is 16.5. The van der Waals surface area contributed by atoms with E-state index in [0.29, 0.717) is 16.9 Å². The number of aromatic nitrogens is 2. The van der Waals surface area contributed by atoms with Gasteiger partial charge in [0.1, 0.15) is 5.75 Å². The molecular weight excluding hydrogens is 294 g/mol. The molecule has 0 radical (unpaired) electrons. The van der Waals surface area contributed by atoms with Gasteiger partial charge < -0.3 is 20.1 Å². The molecule has 0 saturated carbocycles. The van der Waals surface area contributed by atoms with Gasteiger partial charge in [-0.1, -0.05) is 12.1 Å². The smallest absolute Gasteiger partial charge is 0.253 e. The number of fused-ring (bicyclic) bond motifs is 1. The molecule has 3 N–H and O–H groups in total. The predicted octanol–water partition coefficient (Wildman–Crippen LogP) is 2.03. The average molecular weight is 311 g/mol. The molecule has 6 heteroatoms. The zero-order valence-corrected chi connectivity index (χ0v) is 12.6. The molecule has 1 aromatic carbocycles. The van der Waals surface area contributed by atoms with Crippen molar-refractivity contribution in [3.8, 4) is 5.75 Å². The highest BCUT2D eigenvalue weighted by Gasteiger charge is 2.12. The van der Waals surface area contributed by atoms with E-state index >= 15 is 0 Å². The van der Waals surface area contributed by atoms with Crippen LogP contribution in [0.25, 0.3) is 11.0 Å². The Morgan fingerprint density at radius 3 is 3.09 bits per heavy atom. The number of benzene rings is 1. The van der Waals surface area contributed by atoms with Gasteiger partial charge in [0.25, 0.3) is 5.91 Å². The first-order valence-corrected chi connectivity index (χ1v) is 7.21. The molecule has 0 aliphatic heterocycles. The summed E-state index contributed by atoms with van der Waals surface area (Å²) in [5.41, 5.74) is 2.73. The van der Waals surface area contributed by atoms with Crippen molar-refractivity contribution in [1.82, 2.24) is 15.3 Å². The van der Waals surface area contributed by atoms with Crippen LogP contribution in [0, 0.1) is 0 Å². The lowest BCUT2D eigenvalue weighted by molar-refractivity contribution is 0.0916. The fourth-order valence-electron chi connectivity index (χ4n) is 2.32. The van der Waals surface area contributed by atoms with Crippen molar-refractivity contribution in [3.05, 3.63) is 59.9 Å². The monoisotopic (exact) mass is 311 g/mol. The number of carbonyl (C=O) groups excluding carboxylic acids is 1. The van der Waals surface area contributed by atoms with E-state index in [-0.39, 0.29) is 12.5 Å². The summed E-state index contributed by atoms with van der Waals surface area (Å²) in [7, 11) is 1.57. The van der Waals surface area contributed by atoms with Gasteiger partial charge in [0, 0.05) is 18.9 Å². The number of hydrogen-bond donors (Lipinski definition) is 3. The second-order valence-corrected chi connectivity index (χ2v) is 5.14. The number of hydrogen-bond acceptors (Lipinski definition) is 4. The second-order valence-electron chi connectivity index (χ2n) is 5.14. The van der Waals surface area contributed by atoms with E-state index in [2.05, 4.69) is 15.3 Å². The van der Waals surface area contributed by atoms with E-state index in [1.807, 2.05) is 6.07 Å². The number of aliphatic hydroxyl groups excluding tert-OH is 1. The summed E-state index contributed by atoms with van der Waals surface area (Å²) in [6, 6.07) is 10.7. The summed E-state index contributed by atoms with van der Waals surface area (Å²) >= 11 is 0. The van der Waals surface area contributed by atoms with Gasteiger partial charge in [-0.15, -0.1) is 0 Å². The number of aliphatic hydroxyl groups is 1. The van der Waals surface area contributed by atoms with Crippen LogP contribution in [0.5, 0.6) is 5.75 Å². The molecule has 1 amide bonds. The topological polar surface area (TPSA) is 87.2 Å². The third kappa shape index (κ3) is 3.32. The number of methoxy groups -OCH3 is 1. The highest BCUT2D eigenvalue weighted by Crippen LogP contribution is 2.18. The van der Waals surface area contributed by atoms with Gasteiger partial charge in [-0.2, -0.15) is 0 Å². The largest absolute Gasteiger partial charge is 0.497 e. The molecule has 1 unspecified atom stereocenters. The average Bonchev–Trinajstić information content (AvgIpc) is 3.07. The fourth-order valence-corrected chi connectivity index (χ4v) is 2.32. The number of pyridine rings is 1. The first-order valence-electron chi connectivity index (χ1n) is 7.21. The number of nitrogens with one attached hydrogen (secondary N) is 2. The first kappa shape index (κ1) is 15.1. The number of rotatable bonds is 5. The Hall–Kier alpha value is -2.86. The van der Waals surface area contributed by atoms with Gasteiger partial charge in [0.05, 0.1) is 29.8 Å². The molecule has 0 bridgehead atoms. The van der Waals surface area contributed by atoms with Crippen molar-refractivity contribution in [3.63, 3.8) is 0 Å². The standard InChI is InChI=1S/C17H17N3O3/c1-23-13-4-2-3-11(7-13)16(21)10-20-17(22)12-8-15-14(19-9-12)5-6-18-15/h2-9,16,18,21H,10H2,1H3,(H,20,22). The lowest BCUT2D eigenvalue weighted by atomic mass is 10.1. The third-order valence-electron chi connectivity index (χ3n) is 3.60. The molecule has 0 saturated heterocycles. The molecule has 0 spiro atoms. The number of ether oxygens (including phenoxy) is 1. The summed E-state index contributed by atoms with van der Waals surface area (Å²) in [6.45, 7) is 0.106. The van der Waals surface area contributed by atoms with Crippen LogP contribution in [0.3, 0.4) is 0 Å². The van der Waals surface area contributed by atoms with E-state index in [0.717, 1.165) is 11.0 Å². The maximum atomic E-state index is 12.2. The van der Waals surface area contributed by atoms with E-state index in [1.165, 1.54) is 6.20 Å². The zero-order valence-electron chi connectivity index (χ0n) is 12.6. The molecule has 2 aromatic heterocycles. The Morgan fingerprint density at radius 1 is 1.39 bits per heavy atom. The summed E-state index contributed by atoms with van der Waals surface area (Å²) < 4.78 is 5.12. The molecule has 0 fully saturated rings. The lowest BCUT2D eigenvalue weighted by Crippen LogP contribution is -2.28. The van der Waals surface area contributed by atoms with E-state index < -0.39 is 6.10 Å². The molecule has 118 valence electrons. The maximum Gasteiger partial charge on any atom is 0.253 e. The van der Waals surface area contributed by atoms with Crippen molar-refractivity contribution >= 4 is 16.9 Å². The Labute approximate surface area is 133 Å². The van der Waals surface area contributed by atoms with Crippen molar-refractivity contribution in [2.45, 2.75) is 6.10 Å². The summed E-state index contributed by atoms with van der Waals surface area (Å²) in [4.78, 5) is 19.4. The lowest BCUT2D eigenvalue weighted by Gasteiger charge is -2.13. The molecule has 3 aromatic rings. The number of aromatic amines is 1. The normalized spacial score (nSPS) is 12.1. The Bertz CT molecular complexity index is 829. The minimum atomic E-state index is -0.809. The summed E-state index contributed by atoms with van der Waals surface area (Å²) in [5.74, 6) is 0.380. The SMILES string of the molecule is COc1cccc(C(O)CNC(=O)c2cnc3cc[nH]c3c2)c1. The van der Waals surface area contributed by atoms with E-state index in [9.17, 15) is 9.90 Å². The van der Waals surface area contributed by atoms with Crippen molar-refractivity contribution < 1.29 is 14.6 Å². The molecule has 0 aliphatic carbocycles. The molecular formula is C17H17N3O3. The van der Waals surface area contributed by atoms with Gasteiger partial charge in [-0.25, -0.2) is 0 Å². The van der Waals surface area contributed by atoms with Crippen LogP contribution in [0.15, 0.2) is 48.8 Å². The molecule has 1 atom stereocenters. The molecule has 23 heavy (non-hydrogen) atoms. The van der Waals surface area contributed by atoms with Crippen LogP contribution in [0.2, 0.25) is 0 Å². The molecule has 6 nitrogen and oxygen atoms in total. The second kappa shape index (κ2) is 6.50. The van der Waals surface area contributed by atoms with Crippen LogP contribution in [-0.4, -0.2) is 34.6 Å². The summed E-state index contributed by atoms with van der Waals surface area (Å²) in [6.07, 6.45) is 2.48. The van der Waals surface area contributed by atoms with E-state index in [1.54, 1.807) is 43.6 Å². The Balaban J connectivity index is 1.65. The zero-order chi connectivity index (χ0) is 16.2. The van der Waals surface area contributed by atoms with Crippen molar-refractivity contribution in [2.75, 3.05) is 13.7 Å². The first-order chi connectivity index (χ1) is 11.2. The fraction of sp³-hybridized carbons (Fsp3) is 0.176. The van der Waals surface area contributed by atoms with Gasteiger partial charge in [0.15, 0.2) is 0 Å². The number of nitrogens with zero attached hydrogens (tertiary/aromatic N) is 1. The minimum absolute atomic E-state index is 0.106. The van der Waals surface area contributed by atoms with Crippen LogP contribution in [0.1, 0.15) is 22.0 Å². The Kier molecular flexibility index (Phi) is 4.25. The quantitative estimate of drug-likeness (QED) is 0.673. The predicted molar refractivity (Wildman–Crippen MR) is 86.4 cm³/mol. The van der Waals surface area contributed by atoms with Crippen LogP contribution < -0.4 is 10.1 Å². The van der Waals surface area contributed by atoms with Gasteiger partial charge in [-0.3, -0.25) is 9.78 Å². The number of H-pyrrole nitrogens is 1. The summed E-state index contributed by atoms with van der Waals surface area (Å²) in [5, 5.41) is 12.9. The van der Waals surface area contributed by atoms with Crippen molar-refractivity contribution in [1.29, 1.82) is 0 Å². The molecule has 2 heterocycles. The van der Waals surface area contributed by atoms with Crippen LogP contribution >= 0.6 is 0 Å². The number of amides is 1. The van der Waals surface area contributed by atoms with Gasteiger partial charge in [0.2, 0.25) is 0 Å².